The second kappa shape index (κ2) is 8.03. The SMILES string of the molecule is Cc1ccc2c(CC(=O)OCC(=O)Nc3c(Cl)cccc3Cl)coc2c1C. The average Bonchev–Trinajstić information content (AvgIpc) is 3.03. The molecule has 140 valence electrons. The minimum absolute atomic E-state index is 0.00955. The van der Waals surface area contributed by atoms with Crippen molar-refractivity contribution in [1.29, 1.82) is 0 Å². The second-order valence-electron chi connectivity index (χ2n) is 6.13. The Morgan fingerprint density at radius 2 is 1.81 bits per heavy atom. The number of rotatable bonds is 5. The summed E-state index contributed by atoms with van der Waals surface area (Å²) in [7, 11) is 0. The number of benzene rings is 2. The van der Waals surface area contributed by atoms with Crippen LogP contribution in [0.4, 0.5) is 5.69 Å². The van der Waals surface area contributed by atoms with E-state index in [1.54, 1.807) is 24.5 Å². The molecule has 0 spiro atoms. The normalized spacial score (nSPS) is 10.8. The van der Waals surface area contributed by atoms with Crippen LogP contribution in [-0.4, -0.2) is 18.5 Å². The maximum atomic E-state index is 12.1. The molecular formula is C20H17Cl2NO4. The lowest BCUT2D eigenvalue weighted by Crippen LogP contribution is -2.22. The van der Waals surface area contributed by atoms with Gasteiger partial charge in [-0.15, -0.1) is 0 Å². The van der Waals surface area contributed by atoms with Gasteiger partial charge in [-0.25, -0.2) is 0 Å². The molecule has 0 bridgehead atoms. The van der Waals surface area contributed by atoms with E-state index in [4.69, 9.17) is 32.4 Å². The molecule has 1 amide bonds. The van der Waals surface area contributed by atoms with Crippen molar-refractivity contribution in [3.05, 3.63) is 63.3 Å². The van der Waals surface area contributed by atoms with Gasteiger partial charge in [0.15, 0.2) is 6.61 Å². The highest BCUT2D eigenvalue weighted by atomic mass is 35.5. The standard InChI is InChI=1S/C20H17Cl2NO4/c1-11-6-7-14-13(9-27-20(14)12(11)2)8-18(25)26-10-17(24)23-19-15(21)4-3-5-16(19)22/h3-7,9H,8,10H2,1-2H3,(H,23,24). The number of halogens is 2. The zero-order valence-electron chi connectivity index (χ0n) is 14.8. The zero-order chi connectivity index (χ0) is 19.6. The highest BCUT2D eigenvalue weighted by Crippen LogP contribution is 2.30. The van der Waals surface area contributed by atoms with Gasteiger partial charge in [0.05, 0.1) is 28.4 Å². The first-order valence-corrected chi connectivity index (χ1v) is 8.98. The number of para-hydroxylation sites is 1. The van der Waals surface area contributed by atoms with E-state index < -0.39 is 18.5 Å². The van der Waals surface area contributed by atoms with Crippen LogP contribution in [0.5, 0.6) is 0 Å². The average molecular weight is 406 g/mol. The van der Waals surface area contributed by atoms with Gasteiger partial charge in [0.1, 0.15) is 5.58 Å². The lowest BCUT2D eigenvalue weighted by Gasteiger charge is -2.09. The van der Waals surface area contributed by atoms with E-state index in [0.717, 1.165) is 22.1 Å². The Morgan fingerprint density at radius 1 is 1.11 bits per heavy atom. The van der Waals surface area contributed by atoms with Crippen LogP contribution in [-0.2, 0) is 20.7 Å². The molecule has 7 heteroatoms. The van der Waals surface area contributed by atoms with Crippen molar-refractivity contribution in [2.75, 3.05) is 11.9 Å². The molecule has 3 aromatic rings. The fourth-order valence-corrected chi connectivity index (χ4v) is 3.16. The Bertz CT molecular complexity index is 1010. The van der Waals surface area contributed by atoms with Gasteiger partial charge in [0, 0.05) is 10.9 Å². The van der Waals surface area contributed by atoms with Crippen LogP contribution >= 0.6 is 23.2 Å². The summed E-state index contributed by atoms with van der Waals surface area (Å²) in [4.78, 5) is 24.1. The number of anilines is 1. The van der Waals surface area contributed by atoms with E-state index in [2.05, 4.69) is 5.32 Å². The van der Waals surface area contributed by atoms with Gasteiger partial charge in [-0.05, 0) is 37.1 Å². The van der Waals surface area contributed by atoms with Crippen LogP contribution in [0.15, 0.2) is 41.0 Å². The number of ether oxygens (including phenoxy) is 1. The number of carbonyl (C=O) groups is 2. The molecule has 3 rings (SSSR count). The van der Waals surface area contributed by atoms with E-state index in [1.165, 1.54) is 0 Å². The Kier molecular flexibility index (Phi) is 5.73. The molecule has 0 aliphatic carbocycles. The summed E-state index contributed by atoms with van der Waals surface area (Å²) in [5.41, 5.74) is 3.90. The van der Waals surface area contributed by atoms with Gasteiger partial charge >= 0.3 is 5.97 Å². The number of hydrogen-bond donors (Lipinski definition) is 1. The zero-order valence-corrected chi connectivity index (χ0v) is 16.3. The van der Waals surface area contributed by atoms with Crippen molar-refractivity contribution in [1.82, 2.24) is 0 Å². The number of nitrogens with one attached hydrogen (secondary N) is 1. The summed E-state index contributed by atoms with van der Waals surface area (Å²) >= 11 is 12.0. The van der Waals surface area contributed by atoms with Crippen LogP contribution in [0, 0.1) is 13.8 Å². The number of aryl methyl sites for hydroxylation is 2. The van der Waals surface area contributed by atoms with Crippen LogP contribution in [0.3, 0.4) is 0 Å². The molecule has 0 fully saturated rings. The molecule has 0 unspecified atom stereocenters. The molecule has 1 N–H and O–H groups in total. The first-order valence-electron chi connectivity index (χ1n) is 8.22. The summed E-state index contributed by atoms with van der Waals surface area (Å²) in [6.45, 7) is 3.52. The molecule has 0 aliphatic rings. The fraction of sp³-hybridized carbons (Fsp3) is 0.200. The molecule has 1 heterocycles. The number of hydrogen-bond acceptors (Lipinski definition) is 4. The molecule has 27 heavy (non-hydrogen) atoms. The molecule has 0 radical (unpaired) electrons. The van der Waals surface area contributed by atoms with E-state index in [-0.39, 0.29) is 12.1 Å². The molecule has 0 saturated carbocycles. The number of carbonyl (C=O) groups excluding carboxylic acids is 2. The maximum Gasteiger partial charge on any atom is 0.310 e. The van der Waals surface area contributed by atoms with Crippen molar-refractivity contribution in [3.63, 3.8) is 0 Å². The predicted molar refractivity (Wildman–Crippen MR) is 105 cm³/mol. The van der Waals surface area contributed by atoms with Gasteiger partial charge in [-0.3, -0.25) is 9.59 Å². The number of fused-ring (bicyclic) bond motifs is 1. The first kappa shape index (κ1) is 19.3. The topological polar surface area (TPSA) is 68.5 Å². The summed E-state index contributed by atoms with van der Waals surface area (Å²) in [5.74, 6) is -1.06. The lowest BCUT2D eigenvalue weighted by atomic mass is 10.0. The van der Waals surface area contributed by atoms with Crippen molar-refractivity contribution in [2.45, 2.75) is 20.3 Å². The Morgan fingerprint density at radius 3 is 2.52 bits per heavy atom. The smallest absolute Gasteiger partial charge is 0.310 e. The van der Waals surface area contributed by atoms with Gasteiger partial charge < -0.3 is 14.5 Å². The van der Waals surface area contributed by atoms with Crippen molar-refractivity contribution in [2.24, 2.45) is 0 Å². The number of esters is 1. The van der Waals surface area contributed by atoms with Crippen LogP contribution in [0.2, 0.25) is 10.0 Å². The Hall–Kier alpha value is -2.50. The van der Waals surface area contributed by atoms with Gasteiger partial charge in [0.2, 0.25) is 0 Å². The van der Waals surface area contributed by atoms with Gasteiger partial charge in [-0.2, -0.15) is 0 Å². The Labute approximate surface area is 166 Å². The molecule has 0 saturated heterocycles. The number of furan rings is 1. The highest BCUT2D eigenvalue weighted by Gasteiger charge is 2.16. The number of amides is 1. The molecule has 5 nitrogen and oxygen atoms in total. The van der Waals surface area contributed by atoms with Crippen LogP contribution in [0.1, 0.15) is 16.7 Å². The van der Waals surface area contributed by atoms with Gasteiger partial charge in [-0.1, -0.05) is 41.4 Å². The summed E-state index contributed by atoms with van der Waals surface area (Å²) in [6.07, 6.45) is 1.55. The molecular weight excluding hydrogens is 389 g/mol. The highest BCUT2D eigenvalue weighted by molar-refractivity contribution is 6.39. The fourth-order valence-electron chi connectivity index (χ4n) is 2.67. The molecule has 0 atom stereocenters. The van der Waals surface area contributed by atoms with E-state index in [1.807, 2.05) is 26.0 Å². The minimum Gasteiger partial charge on any atom is -0.464 e. The Balaban J connectivity index is 1.60. The third-order valence-electron chi connectivity index (χ3n) is 4.27. The van der Waals surface area contributed by atoms with E-state index in [0.29, 0.717) is 15.6 Å². The lowest BCUT2D eigenvalue weighted by molar-refractivity contribution is -0.146. The quantitative estimate of drug-likeness (QED) is 0.600. The minimum atomic E-state index is -0.531. The largest absolute Gasteiger partial charge is 0.464 e. The predicted octanol–water partition coefficient (Wildman–Crippen LogP) is 5.08. The molecule has 2 aromatic carbocycles. The monoisotopic (exact) mass is 405 g/mol. The molecule has 1 aromatic heterocycles. The van der Waals surface area contributed by atoms with Crippen molar-refractivity contribution >= 4 is 51.7 Å². The van der Waals surface area contributed by atoms with Crippen LogP contribution < -0.4 is 5.32 Å². The van der Waals surface area contributed by atoms with E-state index in [9.17, 15) is 9.59 Å². The van der Waals surface area contributed by atoms with Crippen molar-refractivity contribution < 1.29 is 18.7 Å². The van der Waals surface area contributed by atoms with Crippen molar-refractivity contribution in [3.8, 4) is 0 Å². The summed E-state index contributed by atoms with van der Waals surface area (Å²) in [6, 6.07) is 8.75. The maximum absolute atomic E-state index is 12.1. The van der Waals surface area contributed by atoms with Gasteiger partial charge in [0.25, 0.3) is 5.91 Å². The van der Waals surface area contributed by atoms with E-state index >= 15 is 0 Å². The third kappa shape index (κ3) is 4.26. The van der Waals surface area contributed by atoms with Crippen LogP contribution in [0.25, 0.3) is 11.0 Å². The summed E-state index contributed by atoms with van der Waals surface area (Å²) < 4.78 is 10.6. The summed E-state index contributed by atoms with van der Waals surface area (Å²) in [5, 5.41) is 4.01. The third-order valence-corrected chi connectivity index (χ3v) is 4.90. The second-order valence-corrected chi connectivity index (χ2v) is 6.94. The molecule has 0 aliphatic heterocycles. The first-order chi connectivity index (χ1) is 12.9.